The van der Waals surface area contributed by atoms with E-state index in [0.29, 0.717) is 21.9 Å². The summed E-state index contributed by atoms with van der Waals surface area (Å²) in [6.07, 6.45) is 0.277. The molecule has 0 aliphatic carbocycles. The molecule has 2 heterocycles. The van der Waals surface area contributed by atoms with Crippen molar-refractivity contribution in [3.63, 3.8) is 0 Å². The normalized spacial score (nSPS) is 19.5. The zero-order valence-electron chi connectivity index (χ0n) is 16.4. The molecule has 5 amide bonds. The number of rotatable bonds is 6. The van der Waals surface area contributed by atoms with Gasteiger partial charge in [-0.15, -0.1) is 11.8 Å². The van der Waals surface area contributed by atoms with Crippen LogP contribution in [0.2, 0.25) is 0 Å². The van der Waals surface area contributed by atoms with Gasteiger partial charge in [-0.3, -0.25) is 19.3 Å². The number of fused-ring (bicyclic) bond motifs is 2. The molecular weight excluding hydrogens is 420 g/mol. The highest BCUT2D eigenvalue weighted by atomic mass is 32.2. The highest BCUT2D eigenvalue weighted by Crippen LogP contribution is 2.40. The van der Waals surface area contributed by atoms with Crippen molar-refractivity contribution in [1.29, 1.82) is 0 Å². The minimum Gasteiger partial charge on any atom is -0.493 e. The van der Waals surface area contributed by atoms with Crippen LogP contribution in [0, 0.1) is 0 Å². The first kappa shape index (κ1) is 20.7. The molecule has 9 nitrogen and oxygen atoms in total. The minimum absolute atomic E-state index is 0.0594. The van der Waals surface area contributed by atoms with Crippen LogP contribution in [0.3, 0.4) is 0 Å². The van der Waals surface area contributed by atoms with Gasteiger partial charge in [0.15, 0.2) is 5.54 Å². The predicted octanol–water partition coefficient (Wildman–Crippen LogP) is 1.43. The van der Waals surface area contributed by atoms with Crippen LogP contribution in [0.4, 0.5) is 10.5 Å². The van der Waals surface area contributed by atoms with E-state index in [4.69, 9.17) is 10.5 Å². The van der Waals surface area contributed by atoms with Crippen molar-refractivity contribution >= 4 is 41.2 Å². The maximum Gasteiger partial charge on any atom is 0.325 e. The number of thioether (sulfide) groups is 1. The van der Waals surface area contributed by atoms with E-state index in [2.05, 4.69) is 10.6 Å². The second kappa shape index (κ2) is 8.31. The van der Waals surface area contributed by atoms with Gasteiger partial charge < -0.3 is 21.1 Å². The fourth-order valence-corrected chi connectivity index (χ4v) is 4.44. The zero-order chi connectivity index (χ0) is 22.0. The van der Waals surface area contributed by atoms with Crippen molar-refractivity contribution < 1.29 is 23.9 Å². The number of nitrogens with two attached hydrogens (primary N) is 1. The lowest BCUT2D eigenvalue weighted by atomic mass is 9.84. The van der Waals surface area contributed by atoms with Gasteiger partial charge in [-0.1, -0.05) is 30.3 Å². The molecule has 4 N–H and O–H groups in total. The summed E-state index contributed by atoms with van der Waals surface area (Å²) in [5.74, 6) is -0.904. The third-order valence-corrected chi connectivity index (χ3v) is 6.19. The molecule has 2 aliphatic heterocycles. The standard InChI is InChI=1S/C21H20N4O5S/c22-17(26)12-31-16-8-4-2-6-14(16)23-18(27)11-25-19(28)21(24-20(25)29)9-10-30-15-7-3-1-5-13(15)21/h1-8H,9-12H2,(H2,22,26)(H,23,27)(H,24,29)/t21-/m1/s1. The molecule has 10 heteroatoms. The highest BCUT2D eigenvalue weighted by molar-refractivity contribution is 8.00. The number of hydrogen-bond acceptors (Lipinski definition) is 6. The van der Waals surface area contributed by atoms with E-state index in [0.717, 1.165) is 4.90 Å². The zero-order valence-corrected chi connectivity index (χ0v) is 17.2. The second-order valence-corrected chi connectivity index (χ2v) is 8.14. The molecular formula is C21H20N4O5S. The van der Waals surface area contributed by atoms with Gasteiger partial charge in [0, 0.05) is 16.9 Å². The second-order valence-electron chi connectivity index (χ2n) is 7.12. The fraction of sp³-hybridized carbons (Fsp3) is 0.238. The number of hydrogen-bond donors (Lipinski definition) is 3. The Morgan fingerprint density at radius 3 is 2.71 bits per heavy atom. The summed E-state index contributed by atoms with van der Waals surface area (Å²) >= 11 is 1.19. The van der Waals surface area contributed by atoms with Gasteiger partial charge >= 0.3 is 6.03 Å². The number of ether oxygens (including phenoxy) is 1. The van der Waals surface area contributed by atoms with Crippen LogP contribution in [0.25, 0.3) is 0 Å². The van der Waals surface area contributed by atoms with Gasteiger partial charge in [0.1, 0.15) is 12.3 Å². The van der Waals surface area contributed by atoms with Gasteiger partial charge in [0.2, 0.25) is 11.8 Å². The average molecular weight is 440 g/mol. The van der Waals surface area contributed by atoms with Crippen molar-refractivity contribution in [3.05, 3.63) is 54.1 Å². The summed E-state index contributed by atoms with van der Waals surface area (Å²) in [6.45, 7) is -0.169. The van der Waals surface area contributed by atoms with E-state index in [1.165, 1.54) is 11.8 Å². The number of primary amides is 1. The first-order valence-electron chi connectivity index (χ1n) is 9.57. The van der Waals surface area contributed by atoms with E-state index >= 15 is 0 Å². The minimum atomic E-state index is -1.23. The lowest BCUT2D eigenvalue weighted by molar-refractivity contribution is -0.135. The number of nitrogens with one attached hydrogen (secondary N) is 2. The monoisotopic (exact) mass is 440 g/mol. The summed E-state index contributed by atoms with van der Waals surface area (Å²) in [7, 11) is 0. The SMILES string of the molecule is NC(=O)CSc1ccccc1NC(=O)CN1C(=O)N[C@@]2(CCOc3ccccc32)C1=O. The number of benzene rings is 2. The summed E-state index contributed by atoms with van der Waals surface area (Å²) in [6, 6.07) is 13.3. The maximum atomic E-state index is 13.2. The Bertz CT molecular complexity index is 1080. The molecule has 1 spiro atoms. The molecule has 0 unspecified atom stereocenters. The molecule has 1 atom stereocenters. The van der Waals surface area contributed by atoms with E-state index in [1.807, 2.05) is 0 Å². The van der Waals surface area contributed by atoms with Gasteiger partial charge in [0.25, 0.3) is 5.91 Å². The summed E-state index contributed by atoms with van der Waals surface area (Å²) < 4.78 is 5.61. The van der Waals surface area contributed by atoms with Crippen LogP contribution >= 0.6 is 11.8 Å². The summed E-state index contributed by atoms with van der Waals surface area (Å²) in [5, 5.41) is 5.46. The van der Waals surface area contributed by atoms with E-state index in [9.17, 15) is 19.2 Å². The Morgan fingerprint density at radius 1 is 1.16 bits per heavy atom. The van der Waals surface area contributed by atoms with Crippen molar-refractivity contribution in [2.45, 2.75) is 16.9 Å². The molecule has 31 heavy (non-hydrogen) atoms. The van der Waals surface area contributed by atoms with Crippen molar-refractivity contribution in [2.24, 2.45) is 5.73 Å². The number of carbonyl (C=O) groups is 4. The lowest BCUT2D eigenvalue weighted by Crippen LogP contribution is -2.48. The third kappa shape index (κ3) is 3.93. The molecule has 2 aromatic rings. The number of urea groups is 1. The van der Waals surface area contributed by atoms with Crippen LogP contribution in [0.15, 0.2) is 53.4 Å². The summed E-state index contributed by atoms with van der Waals surface area (Å²) in [4.78, 5) is 51.1. The van der Waals surface area contributed by atoms with E-state index < -0.39 is 35.8 Å². The largest absolute Gasteiger partial charge is 0.493 e. The van der Waals surface area contributed by atoms with Gasteiger partial charge in [0.05, 0.1) is 18.0 Å². The van der Waals surface area contributed by atoms with E-state index in [-0.39, 0.29) is 18.8 Å². The highest BCUT2D eigenvalue weighted by Gasteiger charge is 2.55. The maximum absolute atomic E-state index is 13.2. The Labute approximate surface area is 182 Å². The predicted molar refractivity (Wildman–Crippen MR) is 113 cm³/mol. The molecule has 2 aromatic carbocycles. The molecule has 4 rings (SSSR count). The fourth-order valence-electron chi connectivity index (χ4n) is 3.69. The van der Waals surface area contributed by atoms with Gasteiger partial charge in [-0.25, -0.2) is 4.79 Å². The van der Waals surface area contributed by atoms with Crippen LogP contribution in [-0.2, 0) is 19.9 Å². The molecule has 2 aliphatic rings. The number of carbonyl (C=O) groups excluding carboxylic acids is 4. The number of imide groups is 1. The Hall–Kier alpha value is -3.53. The number of nitrogens with zero attached hydrogens (tertiary/aromatic N) is 1. The van der Waals surface area contributed by atoms with Crippen molar-refractivity contribution in [3.8, 4) is 5.75 Å². The van der Waals surface area contributed by atoms with E-state index in [1.54, 1.807) is 48.5 Å². The van der Waals surface area contributed by atoms with Gasteiger partial charge in [-0.05, 0) is 18.2 Å². The molecule has 0 aromatic heterocycles. The Balaban J connectivity index is 1.50. The smallest absolute Gasteiger partial charge is 0.325 e. The average Bonchev–Trinajstić information content (AvgIpc) is 2.98. The van der Waals surface area contributed by atoms with Crippen LogP contribution in [0.1, 0.15) is 12.0 Å². The molecule has 1 saturated heterocycles. The quantitative estimate of drug-likeness (QED) is 0.460. The lowest BCUT2D eigenvalue weighted by Gasteiger charge is -2.33. The van der Waals surface area contributed by atoms with Gasteiger partial charge in [-0.2, -0.15) is 0 Å². The first-order valence-corrected chi connectivity index (χ1v) is 10.6. The van der Waals surface area contributed by atoms with Crippen LogP contribution in [-0.4, -0.2) is 47.6 Å². The molecule has 0 radical (unpaired) electrons. The molecule has 1 fully saturated rings. The van der Waals surface area contributed by atoms with Crippen molar-refractivity contribution in [1.82, 2.24) is 10.2 Å². The summed E-state index contributed by atoms with van der Waals surface area (Å²) in [5.41, 5.74) is 5.00. The number of para-hydroxylation sites is 2. The third-order valence-electron chi connectivity index (χ3n) is 5.09. The Morgan fingerprint density at radius 2 is 1.90 bits per heavy atom. The molecule has 0 bridgehead atoms. The molecule has 0 saturated carbocycles. The van der Waals surface area contributed by atoms with Crippen LogP contribution < -0.4 is 21.1 Å². The first-order chi connectivity index (χ1) is 14.9. The van der Waals surface area contributed by atoms with Crippen molar-refractivity contribution in [2.75, 3.05) is 24.2 Å². The topological polar surface area (TPSA) is 131 Å². The Kier molecular flexibility index (Phi) is 5.55. The number of anilines is 1. The number of amides is 5. The molecule has 160 valence electrons. The van der Waals surface area contributed by atoms with Crippen LogP contribution in [0.5, 0.6) is 5.75 Å².